The predicted octanol–water partition coefficient (Wildman–Crippen LogP) is 5.97. The fraction of sp³-hybridized carbons (Fsp3) is 0.263. The maximum atomic E-state index is 6.19. The van der Waals surface area contributed by atoms with Crippen molar-refractivity contribution >= 4 is 46.1 Å². The van der Waals surface area contributed by atoms with Crippen molar-refractivity contribution in [3.63, 3.8) is 0 Å². The fourth-order valence-corrected chi connectivity index (χ4v) is 3.38. The molecule has 0 saturated heterocycles. The molecule has 0 saturated carbocycles. The van der Waals surface area contributed by atoms with E-state index in [-0.39, 0.29) is 0 Å². The van der Waals surface area contributed by atoms with Crippen molar-refractivity contribution in [3.05, 3.63) is 46.5 Å². The number of nitrogens with zero attached hydrogens (tertiary/aromatic N) is 3. The van der Waals surface area contributed by atoms with Crippen LogP contribution in [0.15, 0.2) is 35.3 Å². The highest BCUT2D eigenvalue weighted by Gasteiger charge is 2.13. The minimum Gasteiger partial charge on any atom is -0.444 e. The van der Waals surface area contributed by atoms with Gasteiger partial charge in [0.05, 0.1) is 22.4 Å². The molecule has 1 aromatic heterocycles. The van der Waals surface area contributed by atoms with Crippen molar-refractivity contribution in [1.29, 1.82) is 0 Å². The summed E-state index contributed by atoms with van der Waals surface area (Å²) in [6.07, 6.45) is 1.85. The monoisotopic (exact) mass is 373 g/mol. The zero-order valence-electron chi connectivity index (χ0n) is 14.7. The van der Waals surface area contributed by atoms with Gasteiger partial charge in [-0.15, -0.1) is 0 Å². The summed E-state index contributed by atoms with van der Waals surface area (Å²) in [5.74, 6) is 0.811. The van der Waals surface area contributed by atoms with Crippen molar-refractivity contribution in [2.24, 2.45) is 4.99 Å². The average molecular weight is 374 g/mol. The van der Waals surface area contributed by atoms with E-state index in [2.05, 4.69) is 16.3 Å². The van der Waals surface area contributed by atoms with Gasteiger partial charge in [0.25, 0.3) is 0 Å². The smallest absolute Gasteiger partial charge is 0.207 e. The molecule has 0 amide bonds. The quantitative estimate of drug-likeness (QED) is 0.408. The number of hydrogen-bond acceptors (Lipinski definition) is 4. The lowest BCUT2D eigenvalue weighted by Crippen LogP contribution is -2.14. The third-order valence-electron chi connectivity index (χ3n) is 4.02. The summed E-state index contributed by atoms with van der Waals surface area (Å²) < 4.78 is 10.5. The van der Waals surface area contributed by atoms with Crippen LogP contribution in [0.4, 0.5) is 5.69 Å². The van der Waals surface area contributed by atoms with E-state index in [0.29, 0.717) is 5.02 Å². The lowest BCUT2D eigenvalue weighted by Gasteiger charge is -2.12. The molecule has 0 N–H and O–H groups in total. The van der Waals surface area contributed by atoms with Gasteiger partial charge >= 0.3 is 0 Å². The molecule has 2 aromatic carbocycles. The first-order valence-corrected chi connectivity index (χ1v) is 9.22. The first kappa shape index (κ1) is 17.7. The second-order valence-electron chi connectivity index (χ2n) is 5.93. The summed E-state index contributed by atoms with van der Waals surface area (Å²) >= 11 is 7.51. The van der Waals surface area contributed by atoms with Gasteiger partial charge in [0.2, 0.25) is 5.06 Å². The highest BCUT2D eigenvalue weighted by molar-refractivity contribution is 7.09. The number of halogens is 1. The highest BCUT2D eigenvalue weighted by Crippen LogP contribution is 2.39. The molecule has 3 aromatic rings. The van der Waals surface area contributed by atoms with Crippen LogP contribution in [0.25, 0.3) is 10.9 Å². The summed E-state index contributed by atoms with van der Waals surface area (Å²) in [6, 6.07) is 9.78. The fourth-order valence-electron chi connectivity index (χ4n) is 2.35. The third-order valence-corrected chi connectivity index (χ3v) is 5.06. The zero-order chi connectivity index (χ0) is 18.0. The summed E-state index contributed by atoms with van der Waals surface area (Å²) in [4.78, 5) is 6.59. The van der Waals surface area contributed by atoms with Gasteiger partial charge in [-0.05, 0) is 56.2 Å². The van der Waals surface area contributed by atoms with Crippen LogP contribution < -0.4 is 4.74 Å². The Morgan fingerprint density at radius 1 is 1.28 bits per heavy atom. The number of ether oxygens (including phenoxy) is 1. The van der Waals surface area contributed by atoms with Crippen LogP contribution in [-0.4, -0.2) is 29.2 Å². The van der Waals surface area contributed by atoms with Crippen LogP contribution >= 0.6 is 23.1 Å². The number of aliphatic imine (C=N–C) groups is 1. The lowest BCUT2D eigenvalue weighted by atomic mass is 10.1. The van der Waals surface area contributed by atoms with Crippen molar-refractivity contribution < 1.29 is 4.74 Å². The van der Waals surface area contributed by atoms with E-state index in [9.17, 15) is 0 Å². The third kappa shape index (κ3) is 3.78. The standard InChI is InChI=1S/C19H20ClN3OS/c1-5-23(4)11-21-16-9-13(3)17(10-12(16)2)24-19-14-7-6-8-15(20)18(14)22-25-19/h6-11H,5H2,1-4H3. The lowest BCUT2D eigenvalue weighted by molar-refractivity contribution is 0.497. The molecule has 25 heavy (non-hydrogen) atoms. The topological polar surface area (TPSA) is 37.7 Å². The van der Waals surface area contributed by atoms with Crippen LogP contribution in [-0.2, 0) is 0 Å². The molecule has 4 nitrogen and oxygen atoms in total. The maximum Gasteiger partial charge on any atom is 0.207 e. The molecule has 6 heteroatoms. The van der Waals surface area contributed by atoms with E-state index in [1.165, 1.54) is 11.5 Å². The molecule has 0 spiro atoms. The van der Waals surface area contributed by atoms with Gasteiger partial charge in [0.15, 0.2) is 0 Å². The molecule has 0 unspecified atom stereocenters. The summed E-state index contributed by atoms with van der Waals surface area (Å²) in [7, 11) is 2.00. The molecular weight excluding hydrogens is 354 g/mol. The number of fused-ring (bicyclic) bond motifs is 1. The number of rotatable bonds is 5. The normalized spacial score (nSPS) is 11.4. The number of aromatic nitrogens is 1. The van der Waals surface area contributed by atoms with Crippen molar-refractivity contribution in [2.45, 2.75) is 20.8 Å². The van der Waals surface area contributed by atoms with Gasteiger partial charge in [-0.2, -0.15) is 4.37 Å². The first-order valence-electron chi connectivity index (χ1n) is 8.07. The zero-order valence-corrected chi connectivity index (χ0v) is 16.3. The number of hydrogen-bond donors (Lipinski definition) is 0. The Morgan fingerprint density at radius 2 is 2.08 bits per heavy atom. The predicted molar refractivity (Wildman–Crippen MR) is 107 cm³/mol. The molecule has 130 valence electrons. The molecular formula is C19H20ClN3OS. The average Bonchev–Trinajstić information content (AvgIpc) is 3.00. The summed E-state index contributed by atoms with van der Waals surface area (Å²) in [5, 5.41) is 2.32. The molecule has 0 atom stereocenters. The van der Waals surface area contributed by atoms with Crippen LogP contribution in [0.2, 0.25) is 5.02 Å². The van der Waals surface area contributed by atoms with E-state index < -0.39 is 0 Å². The minimum absolute atomic E-state index is 0.640. The molecule has 0 aliphatic heterocycles. The van der Waals surface area contributed by atoms with Gasteiger partial charge in [-0.25, -0.2) is 4.99 Å². The van der Waals surface area contributed by atoms with E-state index in [0.717, 1.165) is 45.1 Å². The molecule has 0 bridgehead atoms. The van der Waals surface area contributed by atoms with Crippen LogP contribution in [0.5, 0.6) is 10.8 Å². The van der Waals surface area contributed by atoms with E-state index in [4.69, 9.17) is 16.3 Å². The number of aryl methyl sites for hydroxylation is 2. The summed E-state index contributed by atoms with van der Waals surface area (Å²) in [6.45, 7) is 7.07. The summed E-state index contributed by atoms with van der Waals surface area (Å²) in [5.41, 5.74) is 3.82. The Balaban J connectivity index is 1.91. The van der Waals surface area contributed by atoms with Gasteiger partial charge in [0.1, 0.15) is 11.3 Å². The maximum absolute atomic E-state index is 6.19. The van der Waals surface area contributed by atoms with E-state index in [1.807, 2.05) is 62.5 Å². The van der Waals surface area contributed by atoms with Crippen molar-refractivity contribution in [1.82, 2.24) is 9.27 Å². The Bertz CT molecular complexity index is 936. The Hall–Kier alpha value is -2.11. The SMILES string of the molecule is CCN(C)C=Nc1cc(C)c(Oc2snc3c(Cl)cccc23)cc1C. The minimum atomic E-state index is 0.640. The van der Waals surface area contributed by atoms with Crippen molar-refractivity contribution in [2.75, 3.05) is 13.6 Å². The first-order chi connectivity index (χ1) is 12.0. The van der Waals surface area contributed by atoms with E-state index in [1.54, 1.807) is 0 Å². The van der Waals surface area contributed by atoms with Crippen molar-refractivity contribution in [3.8, 4) is 10.8 Å². The largest absolute Gasteiger partial charge is 0.444 e. The Morgan fingerprint density at radius 3 is 2.84 bits per heavy atom. The van der Waals surface area contributed by atoms with E-state index >= 15 is 0 Å². The molecule has 1 heterocycles. The van der Waals surface area contributed by atoms with Gasteiger partial charge in [0, 0.05) is 25.1 Å². The van der Waals surface area contributed by atoms with Gasteiger partial charge < -0.3 is 9.64 Å². The second-order valence-corrected chi connectivity index (χ2v) is 7.07. The Kier molecular flexibility index (Phi) is 5.25. The molecule has 0 aliphatic carbocycles. The molecule has 0 fully saturated rings. The molecule has 0 aliphatic rings. The highest BCUT2D eigenvalue weighted by atomic mass is 35.5. The van der Waals surface area contributed by atoms with Gasteiger partial charge in [-0.3, -0.25) is 0 Å². The van der Waals surface area contributed by atoms with Crippen LogP contribution in [0.3, 0.4) is 0 Å². The second kappa shape index (κ2) is 7.42. The Labute approximate surface area is 156 Å². The molecule has 0 radical (unpaired) electrons. The number of benzene rings is 2. The van der Waals surface area contributed by atoms with Gasteiger partial charge in [-0.1, -0.05) is 17.7 Å². The van der Waals surface area contributed by atoms with Crippen LogP contribution in [0, 0.1) is 13.8 Å². The molecule has 3 rings (SSSR count). The van der Waals surface area contributed by atoms with Crippen LogP contribution in [0.1, 0.15) is 18.1 Å².